The lowest BCUT2D eigenvalue weighted by molar-refractivity contribution is 0.316. The van der Waals surface area contributed by atoms with Crippen LogP contribution >= 0.6 is 15.9 Å². The van der Waals surface area contributed by atoms with Gasteiger partial charge in [0.1, 0.15) is 4.47 Å². The molecule has 0 unspecified atom stereocenters. The van der Waals surface area contributed by atoms with Gasteiger partial charge in [0.15, 0.2) is 0 Å². The molecule has 5 nitrogen and oxygen atoms in total. The van der Waals surface area contributed by atoms with Gasteiger partial charge in [-0.1, -0.05) is 13.8 Å². The molecule has 1 N–H and O–H groups in total. The zero-order valence-corrected chi connectivity index (χ0v) is 13.7. The van der Waals surface area contributed by atoms with Gasteiger partial charge in [0, 0.05) is 13.1 Å². The highest BCUT2D eigenvalue weighted by Crippen LogP contribution is 2.16. The maximum Gasteiger partial charge on any atom is 0.283 e. The van der Waals surface area contributed by atoms with Gasteiger partial charge < -0.3 is 10.2 Å². The van der Waals surface area contributed by atoms with Crippen molar-refractivity contribution in [1.82, 2.24) is 14.7 Å². The van der Waals surface area contributed by atoms with E-state index >= 15 is 0 Å². The fourth-order valence-electron chi connectivity index (χ4n) is 1.82. The van der Waals surface area contributed by atoms with Gasteiger partial charge in [-0.2, -0.15) is 5.10 Å². The zero-order chi connectivity index (χ0) is 14.4. The first-order valence-corrected chi connectivity index (χ1v) is 7.54. The highest BCUT2D eigenvalue weighted by molar-refractivity contribution is 9.10. The molecule has 19 heavy (non-hydrogen) atoms. The smallest absolute Gasteiger partial charge is 0.283 e. The molecule has 0 bridgehead atoms. The third-order valence-corrected chi connectivity index (χ3v) is 3.84. The van der Waals surface area contributed by atoms with Crippen LogP contribution in [0, 0.1) is 0 Å². The number of anilines is 1. The lowest BCUT2D eigenvalue weighted by Crippen LogP contribution is -2.30. The molecule has 0 amide bonds. The Morgan fingerprint density at radius 1 is 1.42 bits per heavy atom. The predicted octanol–water partition coefficient (Wildman–Crippen LogP) is 2.34. The number of aromatic nitrogens is 2. The van der Waals surface area contributed by atoms with E-state index in [0.29, 0.717) is 4.47 Å². The highest BCUT2D eigenvalue weighted by Gasteiger charge is 2.10. The van der Waals surface area contributed by atoms with Crippen LogP contribution in [0.3, 0.4) is 0 Å². The van der Waals surface area contributed by atoms with Gasteiger partial charge in [0.25, 0.3) is 5.56 Å². The van der Waals surface area contributed by atoms with Crippen molar-refractivity contribution in [3.8, 4) is 0 Å². The zero-order valence-electron chi connectivity index (χ0n) is 12.1. The minimum Gasteiger partial charge on any atom is -0.381 e. The van der Waals surface area contributed by atoms with Crippen LogP contribution in [-0.2, 0) is 0 Å². The average Bonchev–Trinajstić information content (AvgIpc) is 2.39. The number of likely N-dealkylation sites (N-methyl/N-ethyl adjacent to an activating group) is 1. The summed E-state index contributed by atoms with van der Waals surface area (Å²) in [5.74, 6) is 0. The molecule has 0 saturated carbocycles. The van der Waals surface area contributed by atoms with Gasteiger partial charge in [0.2, 0.25) is 0 Å². The Hall–Kier alpha value is -0.880. The molecule has 0 radical (unpaired) electrons. The second kappa shape index (κ2) is 7.65. The molecule has 1 rings (SSSR count). The monoisotopic (exact) mass is 330 g/mol. The minimum atomic E-state index is -0.0946. The van der Waals surface area contributed by atoms with Gasteiger partial charge in [-0.25, -0.2) is 4.68 Å². The lowest BCUT2D eigenvalue weighted by Gasteiger charge is -2.19. The summed E-state index contributed by atoms with van der Waals surface area (Å²) in [5, 5.41) is 7.43. The Labute approximate surface area is 123 Å². The van der Waals surface area contributed by atoms with Crippen LogP contribution in [0.2, 0.25) is 0 Å². The molecule has 0 aromatic carbocycles. The van der Waals surface area contributed by atoms with Crippen LogP contribution in [0.4, 0.5) is 5.69 Å². The third-order valence-electron chi connectivity index (χ3n) is 3.07. The molecule has 0 atom stereocenters. The SMILES string of the molecule is CCN(CC)CCNc1cnn(C(C)C)c(=O)c1Br. The first-order chi connectivity index (χ1) is 9.01. The van der Waals surface area contributed by atoms with Crippen molar-refractivity contribution in [2.75, 3.05) is 31.5 Å². The van der Waals surface area contributed by atoms with E-state index < -0.39 is 0 Å². The molecular formula is C13H23BrN4O. The summed E-state index contributed by atoms with van der Waals surface area (Å²) in [6, 6.07) is 0.0634. The predicted molar refractivity (Wildman–Crippen MR) is 82.9 cm³/mol. The Kier molecular flexibility index (Phi) is 6.51. The molecule has 6 heteroatoms. The third kappa shape index (κ3) is 4.31. The molecule has 1 aromatic rings. The molecular weight excluding hydrogens is 308 g/mol. The molecule has 0 saturated heterocycles. The Morgan fingerprint density at radius 2 is 2.05 bits per heavy atom. The van der Waals surface area contributed by atoms with Crippen molar-refractivity contribution in [3.05, 3.63) is 21.0 Å². The molecule has 0 spiro atoms. The molecule has 0 aliphatic carbocycles. The van der Waals surface area contributed by atoms with Crippen LogP contribution < -0.4 is 10.9 Å². The van der Waals surface area contributed by atoms with E-state index in [2.05, 4.69) is 45.1 Å². The van der Waals surface area contributed by atoms with Crippen LogP contribution in [0.5, 0.6) is 0 Å². The summed E-state index contributed by atoms with van der Waals surface area (Å²) in [5.41, 5.74) is 0.664. The van der Waals surface area contributed by atoms with Crippen molar-refractivity contribution in [1.29, 1.82) is 0 Å². The lowest BCUT2D eigenvalue weighted by atomic mass is 10.4. The van der Waals surface area contributed by atoms with Crippen molar-refractivity contribution in [3.63, 3.8) is 0 Å². The van der Waals surface area contributed by atoms with E-state index in [1.165, 1.54) is 4.68 Å². The Balaban J connectivity index is 2.70. The van der Waals surface area contributed by atoms with Gasteiger partial charge in [-0.3, -0.25) is 4.79 Å². The maximum absolute atomic E-state index is 12.0. The van der Waals surface area contributed by atoms with Crippen molar-refractivity contribution >= 4 is 21.6 Å². The van der Waals surface area contributed by atoms with Gasteiger partial charge in [0.05, 0.1) is 17.9 Å². The quantitative estimate of drug-likeness (QED) is 0.833. The number of rotatable bonds is 7. The second-order valence-electron chi connectivity index (χ2n) is 4.67. The number of halogens is 1. The van der Waals surface area contributed by atoms with E-state index in [-0.39, 0.29) is 11.6 Å². The van der Waals surface area contributed by atoms with E-state index in [9.17, 15) is 4.79 Å². The maximum atomic E-state index is 12.0. The van der Waals surface area contributed by atoms with Crippen LogP contribution in [0.1, 0.15) is 33.7 Å². The van der Waals surface area contributed by atoms with Crippen LogP contribution in [-0.4, -0.2) is 40.9 Å². The van der Waals surface area contributed by atoms with Crippen molar-refractivity contribution in [2.45, 2.75) is 33.7 Å². The normalized spacial score (nSPS) is 11.3. The number of nitrogens with zero attached hydrogens (tertiary/aromatic N) is 3. The number of hydrogen-bond donors (Lipinski definition) is 1. The summed E-state index contributed by atoms with van der Waals surface area (Å²) in [6.07, 6.45) is 1.70. The molecule has 1 heterocycles. The first-order valence-electron chi connectivity index (χ1n) is 6.74. The highest BCUT2D eigenvalue weighted by atomic mass is 79.9. The van der Waals surface area contributed by atoms with E-state index in [0.717, 1.165) is 31.9 Å². The molecule has 108 valence electrons. The average molecular weight is 331 g/mol. The fraction of sp³-hybridized carbons (Fsp3) is 0.692. The van der Waals surface area contributed by atoms with Crippen molar-refractivity contribution < 1.29 is 0 Å². The molecule has 1 aromatic heterocycles. The van der Waals surface area contributed by atoms with Gasteiger partial charge in [-0.15, -0.1) is 0 Å². The summed E-state index contributed by atoms with van der Waals surface area (Å²) in [6.45, 7) is 12.0. The Bertz CT molecular complexity index is 454. The minimum absolute atomic E-state index is 0.0634. The van der Waals surface area contributed by atoms with Gasteiger partial charge in [-0.05, 0) is 42.9 Å². The standard InChI is InChI=1S/C13H23BrN4O/c1-5-17(6-2)8-7-15-11-9-16-18(10(3)4)13(19)12(11)14/h9-10,15H,5-8H2,1-4H3. The molecule has 0 aliphatic heterocycles. The van der Waals surface area contributed by atoms with Gasteiger partial charge >= 0.3 is 0 Å². The summed E-state index contributed by atoms with van der Waals surface area (Å²) in [7, 11) is 0. The Morgan fingerprint density at radius 3 is 2.58 bits per heavy atom. The molecule has 0 aliphatic rings. The number of nitrogens with one attached hydrogen (secondary N) is 1. The van der Waals surface area contributed by atoms with Crippen LogP contribution in [0.25, 0.3) is 0 Å². The van der Waals surface area contributed by atoms with E-state index in [1.54, 1.807) is 6.20 Å². The first kappa shape index (κ1) is 16.2. The number of hydrogen-bond acceptors (Lipinski definition) is 4. The van der Waals surface area contributed by atoms with E-state index in [1.807, 2.05) is 13.8 Å². The topological polar surface area (TPSA) is 50.2 Å². The summed E-state index contributed by atoms with van der Waals surface area (Å²) in [4.78, 5) is 14.4. The summed E-state index contributed by atoms with van der Waals surface area (Å²) < 4.78 is 2.02. The van der Waals surface area contributed by atoms with E-state index in [4.69, 9.17) is 0 Å². The largest absolute Gasteiger partial charge is 0.381 e. The fourth-order valence-corrected chi connectivity index (χ4v) is 2.25. The van der Waals surface area contributed by atoms with Crippen LogP contribution in [0.15, 0.2) is 15.5 Å². The summed E-state index contributed by atoms with van der Waals surface area (Å²) >= 11 is 3.35. The van der Waals surface area contributed by atoms with Crippen molar-refractivity contribution in [2.24, 2.45) is 0 Å². The molecule has 0 fully saturated rings. The second-order valence-corrected chi connectivity index (χ2v) is 5.46.